The summed E-state index contributed by atoms with van der Waals surface area (Å²) in [4.78, 5) is 4.74. The molecule has 6 nitrogen and oxygen atoms in total. The van der Waals surface area contributed by atoms with Gasteiger partial charge in [-0.2, -0.15) is 0 Å². The van der Waals surface area contributed by atoms with Gasteiger partial charge in [0.15, 0.2) is 0 Å². The van der Waals surface area contributed by atoms with E-state index in [9.17, 15) is 0 Å². The molecular formula is C62H68B2N2O4. The van der Waals surface area contributed by atoms with Crippen molar-refractivity contribution in [2.24, 2.45) is 0 Å². The molecule has 3 aliphatic rings. The quantitative estimate of drug-likeness (QED) is 0.114. The van der Waals surface area contributed by atoms with Crippen LogP contribution < -0.4 is 20.7 Å². The number of anilines is 6. The second-order valence-corrected chi connectivity index (χ2v) is 22.1. The molecule has 0 saturated carbocycles. The zero-order chi connectivity index (χ0) is 49.4. The first-order valence-corrected chi connectivity index (χ1v) is 25.3. The molecule has 7 aromatic rings. The molecule has 7 aromatic carbocycles. The van der Waals surface area contributed by atoms with E-state index in [1.165, 1.54) is 57.3 Å². The van der Waals surface area contributed by atoms with Crippen LogP contribution in [0.15, 0.2) is 158 Å². The van der Waals surface area contributed by atoms with Crippen LogP contribution in [0.4, 0.5) is 34.1 Å². The first-order chi connectivity index (χ1) is 33.3. The molecule has 2 heterocycles. The topological polar surface area (TPSA) is 43.4 Å². The normalized spacial score (nSPS) is 17.9. The molecule has 10 rings (SSSR count). The van der Waals surface area contributed by atoms with Gasteiger partial charge in [0.25, 0.3) is 0 Å². The number of benzene rings is 7. The van der Waals surface area contributed by atoms with Gasteiger partial charge in [-0.3, -0.25) is 0 Å². The highest BCUT2D eigenvalue weighted by molar-refractivity contribution is 6.62. The van der Waals surface area contributed by atoms with Gasteiger partial charge in [-0.1, -0.05) is 109 Å². The molecule has 2 saturated heterocycles. The molecule has 0 bridgehead atoms. The van der Waals surface area contributed by atoms with Gasteiger partial charge in [-0.05, 0) is 206 Å². The molecule has 0 atom stereocenters. The summed E-state index contributed by atoms with van der Waals surface area (Å²) in [5, 5.41) is 0. The highest BCUT2D eigenvalue weighted by Crippen LogP contribution is 2.55. The SMILES string of the molecule is CCCCc1ccc(C2(C)c3ccc(N(c4ccc(C)cc4)c4ccc(B5OC(C)(C)C(C)(C)O5)cc4)cc3-c3cc(N(c4ccc(C)cc4)c4ccc(B5OC(C)(C)C(C)(C)O5)cc4)ccc32)cc1. The fraction of sp³-hybridized carbons (Fsp3) is 0.323. The van der Waals surface area contributed by atoms with Gasteiger partial charge in [-0.25, -0.2) is 0 Å². The Bertz CT molecular complexity index is 2810. The van der Waals surface area contributed by atoms with E-state index in [0.29, 0.717) is 0 Å². The van der Waals surface area contributed by atoms with Crippen molar-refractivity contribution in [2.75, 3.05) is 9.80 Å². The zero-order valence-electron chi connectivity index (χ0n) is 43.3. The van der Waals surface area contributed by atoms with Crippen LogP contribution in [0.1, 0.15) is 115 Å². The molecule has 2 fully saturated rings. The minimum absolute atomic E-state index is 0.399. The van der Waals surface area contributed by atoms with Gasteiger partial charge in [-0.15, -0.1) is 0 Å². The summed E-state index contributed by atoms with van der Waals surface area (Å²) in [7, 11) is -0.882. The van der Waals surface area contributed by atoms with Gasteiger partial charge in [0.1, 0.15) is 0 Å². The van der Waals surface area contributed by atoms with Crippen molar-refractivity contribution < 1.29 is 18.6 Å². The summed E-state index contributed by atoms with van der Waals surface area (Å²) in [6.07, 6.45) is 3.45. The number of hydrogen-bond donors (Lipinski definition) is 0. The van der Waals surface area contributed by atoms with E-state index in [1.807, 2.05) is 0 Å². The van der Waals surface area contributed by atoms with Crippen molar-refractivity contribution in [3.8, 4) is 11.1 Å². The average molecular weight is 927 g/mol. The van der Waals surface area contributed by atoms with Gasteiger partial charge in [0.2, 0.25) is 0 Å². The molecule has 0 aromatic heterocycles. The van der Waals surface area contributed by atoms with E-state index in [1.54, 1.807) is 0 Å². The first kappa shape index (κ1) is 47.8. The number of nitrogens with zero attached hydrogens (tertiary/aromatic N) is 2. The maximum absolute atomic E-state index is 6.47. The van der Waals surface area contributed by atoms with Gasteiger partial charge >= 0.3 is 14.2 Å². The van der Waals surface area contributed by atoms with Crippen LogP contribution in [0.2, 0.25) is 0 Å². The fourth-order valence-electron chi connectivity index (χ4n) is 10.3. The molecule has 8 heteroatoms. The van der Waals surface area contributed by atoms with Crippen LogP contribution in [0, 0.1) is 13.8 Å². The predicted octanol–water partition coefficient (Wildman–Crippen LogP) is 14.5. The van der Waals surface area contributed by atoms with Crippen LogP contribution in [0.25, 0.3) is 11.1 Å². The third-order valence-corrected chi connectivity index (χ3v) is 16.2. The van der Waals surface area contributed by atoms with E-state index >= 15 is 0 Å². The summed E-state index contributed by atoms with van der Waals surface area (Å²) in [5.74, 6) is 0. The maximum Gasteiger partial charge on any atom is 0.494 e. The number of fused-ring (bicyclic) bond motifs is 3. The molecule has 356 valence electrons. The standard InChI is InChI=1S/C62H68B2N2O4/c1-13-14-15-44-20-22-45(23-21-44)62(12)56-38-36-52(65(48-28-16-42(2)17-29-48)50-32-24-46(25-33-50)63-67-58(4,5)59(6,7)68-63)40-54(56)55-41-53(37-39-57(55)62)66(49-30-18-43(3)19-31-49)51-34-26-47(27-35-51)64-69-60(8,9)61(10,11)70-64/h16-41H,13-15H2,1-12H3. The Balaban J connectivity index is 1.10. The third kappa shape index (κ3) is 8.41. The lowest BCUT2D eigenvalue weighted by molar-refractivity contribution is 0.00578. The monoisotopic (exact) mass is 927 g/mol. The average Bonchev–Trinajstić information content (AvgIpc) is 3.83. The van der Waals surface area contributed by atoms with Gasteiger partial charge in [0.05, 0.1) is 22.4 Å². The summed E-state index contributed by atoms with van der Waals surface area (Å²) < 4.78 is 25.9. The Morgan fingerprint density at radius 1 is 0.400 bits per heavy atom. The lowest BCUT2D eigenvalue weighted by atomic mass is 9.74. The number of unbranched alkanes of at least 4 members (excludes halogenated alkanes) is 1. The highest BCUT2D eigenvalue weighted by Gasteiger charge is 2.53. The largest absolute Gasteiger partial charge is 0.494 e. The van der Waals surface area contributed by atoms with E-state index in [4.69, 9.17) is 18.6 Å². The lowest BCUT2D eigenvalue weighted by Crippen LogP contribution is -2.41. The van der Waals surface area contributed by atoms with Crippen LogP contribution in [-0.2, 0) is 30.5 Å². The second kappa shape index (κ2) is 17.8. The van der Waals surface area contributed by atoms with E-state index in [-0.39, 0.29) is 0 Å². The summed E-state index contributed by atoms with van der Waals surface area (Å²) in [5.41, 5.74) is 16.5. The molecule has 0 unspecified atom stereocenters. The summed E-state index contributed by atoms with van der Waals surface area (Å²) in [6, 6.07) is 58.6. The first-order valence-electron chi connectivity index (χ1n) is 25.3. The minimum Gasteiger partial charge on any atom is -0.399 e. The number of aryl methyl sites for hydroxylation is 3. The zero-order valence-corrected chi connectivity index (χ0v) is 43.3. The smallest absolute Gasteiger partial charge is 0.399 e. The molecule has 0 N–H and O–H groups in total. The number of hydrogen-bond acceptors (Lipinski definition) is 6. The molecule has 1 aliphatic carbocycles. The van der Waals surface area contributed by atoms with E-state index in [2.05, 4.69) is 251 Å². The van der Waals surface area contributed by atoms with E-state index < -0.39 is 42.1 Å². The van der Waals surface area contributed by atoms with Crippen LogP contribution >= 0.6 is 0 Å². The van der Waals surface area contributed by atoms with Gasteiger partial charge in [0, 0.05) is 39.5 Å². The van der Waals surface area contributed by atoms with Crippen LogP contribution in [0.3, 0.4) is 0 Å². The Morgan fingerprint density at radius 3 is 1.07 bits per heavy atom. The molecular weight excluding hydrogens is 858 g/mol. The molecule has 0 radical (unpaired) electrons. The fourth-order valence-corrected chi connectivity index (χ4v) is 10.3. The molecule has 0 amide bonds. The van der Waals surface area contributed by atoms with Crippen molar-refractivity contribution in [1.29, 1.82) is 0 Å². The Hall–Kier alpha value is -5.89. The Morgan fingerprint density at radius 2 is 0.729 bits per heavy atom. The van der Waals surface area contributed by atoms with Gasteiger partial charge < -0.3 is 28.4 Å². The maximum atomic E-state index is 6.47. The molecule has 0 spiro atoms. The lowest BCUT2D eigenvalue weighted by Gasteiger charge is -2.32. The van der Waals surface area contributed by atoms with Crippen molar-refractivity contribution in [3.05, 3.63) is 191 Å². The highest BCUT2D eigenvalue weighted by atomic mass is 16.7. The second-order valence-electron chi connectivity index (χ2n) is 22.1. The van der Waals surface area contributed by atoms with E-state index in [0.717, 1.165) is 51.5 Å². The Kier molecular flexibility index (Phi) is 12.1. The van der Waals surface area contributed by atoms with Crippen LogP contribution in [-0.4, -0.2) is 36.6 Å². The van der Waals surface area contributed by atoms with Crippen LogP contribution in [0.5, 0.6) is 0 Å². The number of rotatable bonds is 12. The van der Waals surface area contributed by atoms with Crippen molar-refractivity contribution in [2.45, 2.75) is 130 Å². The van der Waals surface area contributed by atoms with Crippen molar-refractivity contribution in [3.63, 3.8) is 0 Å². The van der Waals surface area contributed by atoms with Crippen molar-refractivity contribution >= 4 is 59.3 Å². The molecule has 70 heavy (non-hydrogen) atoms. The minimum atomic E-state index is -0.441. The molecule has 2 aliphatic heterocycles. The summed E-state index contributed by atoms with van der Waals surface area (Å²) >= 11 is 0. The Labute approximate surface area is 418 Å². The summed E-state index contributed by atoms with van der Waals surface area (Å²) in [6.45, 7) is 25.8. The third-order valence-electron chi connectivity index (χ3n) is 16.2. The van der Waals surface area contributed by atoms with Crippen molar-refractivity contribution in [1.82, 2.24) is 0 Å². The predicted molar refractivity (Wildman–Crippen MR) is 293 cm³/mol.